The van der Waals surface area contributed by atoms with Crippen LogP contribution in [0.25, 0.3) is 0 Å². The van der Waals surface area contributed by atoms with Crippen molar-refractivity contribution in [2.75, 3.05) is 6.61 Å². The molecule has 1 rings (SSSR count). The Morgan fingerprint density at radius 2 is 1.94 bits per heavy atom. The first-order chi connectivity index (χ1) is 7.90. The lowest BCUT2D eigenvalue weighted by Crippen LogP contribution is -2.11. The summed E-state index contributed by atoms with van der Waals surface area (Å²) >= 11 is 0. The highest BCUT2D eigenvalue weighted by Gasteiger charge is 2.29. The van der Waals surface area contributed by atoms with Gasteiger partial charge in [-0.2, -0.15) is 0 Å². The van der Waals surface area contributed by atoms with Crippen LogP contribution in [0.5, 0.6) is 0 Å². The van der Waals surface area contributed by atoms with Crippen molar-refractivity contribution in [3.8, 4) is 0 Å². The summed E-state index contributed by atoms with van der Waals surface area (Å²) in [6.07, 6.45) is 0. The molecule has 6 nitrogen and oxygen atoms in total. The molecule has 96 valence electrons. The first-order valence-corrected chi connectivity index (χ1v) is 5.75. The molecule has 0 bridgehead atoms. The van der Waals surface area contributed by atoms with Crippen LogP contribution in [0, 0.1) is 10.1 Å². The molecule has 1 aromatic heterocycles. The highest BCUT2D eigenvalue weighted by Crippen LogP contribution is 2.30. The maximum absolute atomic E-state index is 11.1. The number of imidazole rings is 1. The quantitative estimate of drug-likeness (QED) is 0.631. The number of aliphatic hydroxyl groups is 1. The number of nitro groups is 1. The zero-order valence-electron chi connectivity index (χ0n) is 10.7. The molecule has 6 heteroatoms. The molecule has 0 saturated carbocycles. The van der Waals surface area contributed by atoms with Gasteiger partial charge in [0.2, 0.25) is 0 Å². The molecule has 1 N–H and O–H groups in total. The fraction of sp³-hybridized carbons (Fsp3) is 0.727. The van der Waals surface area contributed by atoms with Gasteiger partial charge in [-0.05, 0) is 4.92 Å². The fourth-order valence-corrected chi connectivity index (χ4v) is 1.82. The molecular formula is C11H19N3O3. The summed E-state index contributed by atoms with van der Waals surface area (Å²) in [5.74, 6) is 0.757. The van der Waals surface area contributed by atoms with Crippen LogP contribution in [0.3, 0.4) is 0 Å². The van der Waals surface area contributed by atoms with E-state index in [1.165, 1.54) is 4.57 Å². The maximum Gasteiger partial charge on any atom is 0.346 e. The van der Waals surface area contributed by atoms with Gasteiger partial charge in [0.05, 0.1) is 6.61 Å². The Morgan fingerprint density at radius 3 is 2.29 bits per heavy atom. The number of nitrogens with zero attached hydrogens (tertiary/aromatic N) is 3. The van der Waals surface area contributed by atoms with Gasteiger partial charge in [0, 0.05) is 11.8 Å². The van der Waals surface area contributed by atoms with Crippen LogP contribution in [0.1, 0.15) is 51.0 Å². The van der Waals surface area contributed by atoms with Gasteiger partial charge in [-0.15, -0.1) is 0 Å². The third-order valence-electron chi connectivity index (χ3n) is 2.56. The van der Waals surface area contributed by atoms with E-state index in [-0.39, 0.29) is 30.8 Å². The average molecular weight is 241 g/mol. The molecule has 0 spiro atoms. The Labute approximate surface area is 100 Å². The number of hydrogen-bond donors (Lipinski definition) is 1. The molecule has 17 heavy (non-hydrogen) atoms. The Morgan fingerprint density at radius 1 is 1.35 bits per heavy atom. The molecule has 0 fully saturated rings. The van der Waals surface area contributed by atoms with Crippen LogP contribution in [0.2, 0.25) is 0 Å². The molecule has 0 saturated heterocycles. The van der Waals surface area contributed by atoms with Gasteiger partial charge in [-0.25, -0.2) is 9.55 Å². The standard InChI is InChI=1S/C11H19N3O3/c1-7(2)9-11(14(16)17)13(5-6-15)10(12-9)8(3)4/h7-8,15H,5-6H2,1-4H3. The molecule has 0 atom stereocenters. The summed E-state index contributed by atoms with van der Waals surface area (Å²) in [6, 6.07) is 0. The van der Waals surface area contributed by atoms with E-state index in [0.717, 1.165) is 0 Å². The summed E-state index contributed by atoms with van der Waals surface area (Å²) < 4.78 is 1.51. The van der Waals surface area contributed by atoms with E-state index in [2.05, 4.69) is 4.98 Å². The Balaban J connectivity index is 3.43. The second kappa shape index (κ2) is 5.27. The van der Waals surface area contributed by atoms with Gasteiger partial charge >= 0.3 is 5.82 Å². The first-order valence-electron chi connectivity index (χ1n) is 5.75. The molecular weight excluding hydrogens is 222 g/mol. The molecule has 1 aromatic rings. The number of aliphatic hydroxyl groups excluding tert-OH is 1. The summed E-state index contributed by atoms with van der Waals surface area (Å²) in [5.41, 5.74) is 0.493. The van der Waals surface area contributed by atoms with Crippen molar-refractivity contribution in [1.82, 2.24) is 9.55 Å². The van der Waals surface area contributed by atoms with Gasteiger partial charge in [-0.3, -0.25) is 0 Å². The van der Waals surface area contributed by atoms with Crippen molar-refractivity contribution in [1.29, 1.82) is 0 Å². The van der Waals surface area contributed by atoms with Crippen molar-refractivity contribution >= 4 is 5.82 Å². The minimum absolute atomic E-state index is 0.00663. The monoisotopic (exact) mass is 241 g/mol. The van der Waals surface area contributed by atoms with E-state index >= 15 is 0 Å². The average Bonchev–Trinajstić information content (AvgIpc) is 2.57. The highest BCUT2D eigenvalue weighted by atomic mass is 16.6. The zero-order chi connectivity index (χ0) is 13.2. The number of rotatable bonds is 5. The zero-order valence-corrected chi connectivity index (χ0v) is 10.7. The number of hydrogen-bond acceptors (Lipinski definition) is 4. The summed E-state index contributed by atoms with van der Waals surface area (Å²) in [7, 11) is 0. The van der Waals surface area contributed by atoms with E-state index in [1.807, 2.05) is 27.7 Å². The fourth-order valence-electron chi connectivity index (χ4n) is 1.82. The minimum atomic E-state index is -0.413. The molecule has 0 aliphatic carbocycles. The Hall–Kier alpha value is -1.43. The van der Waals surface area contributed by atoms with Crippen LogP contribution in [0.15, 0.2) is 0 Å². The van der Waals surface area contributed by atoms with Crippen molar-refractivity contribution in [2.24, 2.45) is 0 Å². The predicted octanol–water partition coefficient (Wildman–Crippen LogP) is 2.03. The van der Waals surface area contributed by atoms with Crippen LogP contribution in [0.4, 0.5) is 5.82 Å². The van der Waals surface area contributed by atoms with Crippen molar-refractivity contribution < 1.29 is 10.0 Å². The summed E-state index contributed by atoms with van der Waals surface area (Å²) in [5, 5.41) is 20.1. The second-order valence-corrected chi connectivity index (χ2v) is 4.62. The van der Waals surface area contributed by atoms with Crippen LogP contribution < -0.4 is 0 Å². The maximum atomic E-state index is 11.1. The van der Waals surface area contributed by atoms with Gasteiger partial charge in [0.15, 0.2) is 5.82 Å². The Kier molecular flexibility index (Phi) is 4.22. The predicted molar refractivity (Wildman–Crippen MR) is 64.1 cm³/mol. The lowest BCUT2D eigenvalue weighted by Gasteiger charge is -2.05. The van der Waals surface area contributed by atoms with Crippen molar-refractivity contribution in [3.05, 3.63) is 21.6 Å². The lowest BCUT2D eigenvalue weighted by molar-refractivity contribution is -0.393. The van der Waals surface area contributed by atoms with E-state index < -0.39 is 4.92 Å². The van der Waals surface area contributed by atoms with Crippen LogP contribution in [-0.2, 0) is 6.54 Å². The van der Waals surface area contributed by atoms with Crippen molar-refractivity contribution in [3.63, 3.8) is 0 Å². The molecule has 0 unspecified atom stereocenters. The summed E-state index contributed by atoms with van der Waals surface area (Å²) in [6.45, 7) is 7.71. The van der Waals surface area contributed by atoms with Gasteiger partial charge < -0.3 is 15.2 Å². The highest BCUT2D eigenvalue weighted by molar-refractivity contribution is 5.34. The van der Waals surface area contributed by atoms with Crippen molar-refractivity contribution in [2.45, 2.75) is 46.1 Å². The largest absolute Gasteiger partial charge is 0.392 e. The van der Waals surface area contributed by atoms with Gasteiger partial charge in [0.25, 0.3) is 0 Å². The third-order valence-corrected chi connectivity index (χ3v) is 2.56. The molecule has 0 radical (unpaired) electrons. The van der Waals surface area contributed by atoms with E-state index in [0.29, 0.717) is 11.5 Å². The molecule has 0 aliphatic rings. The summed E-state index contributed by atoms with van der Waals surface area (Å²) in [4.78, 5) is 15.1. The minimum Gasteiger partial charge on any atom is -0.392 e. The van der Waals surface area contributed by atoms with Gasteiger partial charge in [-0.1, -0.05) is 27.7 Å². The Bertz CT molecular complexity index is 410. The van der Waals surface area contributed by atoms with Gasteiger partial charge in [0.1, 0.15) is 12.2 Å². The lowest BCUT2D eigenvalue weighted by atomic mass is 10.1. The van der Waals surface area contributed by atoms with Crippen LogP contribution in [-0.4, -0.2) is 26.2 Å². The third kappa shape index (κ3) is 2.63. The molecule has 0 aromatic carbocycles. The molecule has 1 heterocycles. The second-order valence-electron chi connectivity index (χ2n) is 4.62. The molecule has 0 aliphatic heterocycles. The smallest absolute Gasteiger partial charge is 0.346 e. The molecule has 0 amide bonds. The normalized spacial score (nSPS) is 11.5. The van der Waals surface area contributed by atoms with Crippen LogP contribution >= 0.6 is 0 Å². The van der Waals surface area contributed by atoms with E-state index in [4.69, 9.17) is 5.11 Å². The first kappa shape index (κ1) is 13.6. The SMILES string of the molecule is CC(C)c1nc(C(C)C)n(CCO)c1[N+](=O)[O-]. The van der Waals surface area contributed by atoms with E-state index in [1.54, 1.807) is 0 Å². The van der Waals surface area contributed by atoms with E-state index in [9.17, 15) is 10.1 Å². The topological polar surface area (TPSA) is 81.2 Å². The number of aromatic nitrogens is 2.